The topological polar surface area (TPSA) is 17.8 Å². The second kappa shape index (κ2) is 3.09. The smallest absolute Gasteiger partial charge is 0.110 e. The van der Waals surface area contributed by atoms with Gasteiger partial charge in [0, 0.05) is 12.5 Å². The molecular formula is C13H16N2. The molecule has 0 aliphatic carbocycles. The Labute approximate surface area is 89.9 Å². The highest BCUT2D eigenvalue weighted by Crippen LogP contribution is 2.29. The van der Waals surface area contributed by atoms with E-state index < -0.39 is 0 Å². The molecule has 2 aromatic rings. The van der Waals surface area contributed by atoms with Crippen LogP contribution in [0, 0.1) is 6.92 Å². The lowest BCUT2D eigenvalue weighted by Gasteiger charge is -2.22. The van der Waals surface area contributed by atoms with Crippen molar-refractivity contribution in [3.63, 3.8) is 0 Å². The SMILES string of the molecule is Cc1ccc2c(c1)nc1n2[C@H](C)CCC1. The number of imidazole rings is 1. The molecule has 0 amide bonds. The summed E-state index contributed by atoms with van der Waals surface area (Å²) in [5.41, 5.74) is 3.77. The van der Waals surface area contributed by atoms with E-state index in [4.69, 9.17) is 4.98 Å². The molecular weight excluding hydrogens is 184 g/mol. The van der Waals surface area contributed by atoms with Gasteiger partial charge in [-0.2, -0.15) is 0 Å². The third kappa shape index (κ3) is 1.28. The van der Waals surface area contributed by atoms with Crippen molar-refractivity contribution in [2.75, 3.05) is 0 Å². The summed E-state index contributed by atoms with van der Waals surface area (Å²) in [6.45, 7) is 4.42. The van der Waals surface area contributed by atoms with E-state index in [9.17, 15) is 0 Å². The van der Waals surface area contributed by atoms with E-state index in [1.54, 1.807) is 0 Å². The second-order valence-corrected chi connectivity index (χ2v) is 4.63. The molecule has 3 rings (SSSR count). The minimum atomic E-state index is 0.612. The van der Waals surface area contributed by atoms with Crippen molar-refractivity contribution in [2.24, 2.45) is 0 Å². The maximum Gasteiger partial charge on any atom is 0.110 e. The first-order valence-corrected chi connectivity index (χ1v) is 5.73. The molecule has 0 unspecified atom stereocenters. The van der Waals surface area contributed by atoms with Crippen LogP contribution in [0.2, 0.25) is 0 Å². The third-order valence-electron chi connectivity index (χ3n) is 3.38. The van der Waals surface area contributed by atoms with Crippen LogP contribution >= 0.6 is 0 Å². The second-order valence-electron chi connectivity index (χ2n) is 4.63. The first-order chi connectivity index (χ1) is 7.25. The molecule has 2 nitrogen and oxygen atoms in total. The molecule has 0 fully saturated rings. The summed E-state index contributed by atoms with van der Waals surface area (Å²) < 4.78 is 2.41. The number of rotatable bonds is 0. The largest absolute Gasteiger partial charge is 0.325 e. The Morgan fingerprint density at radius 3 is 3.13 bits per heavy atom. The van der Waals surface area contributed by atoms with Crippen LogP contribution in [-0.2, 0) is 6.42 Å². The number of hydrogen-bond acceptors (Lipinski definition) is 1. The third-order valence-corrected chi connectivity index (χ3v) is 3.38. The molecule has 0 radical (unpaired) electrons. The maximum atomic E-state index is 4.73. The number of hydrogen-bond donors (Lipinski definition) is 0. The number of aromatic nitrogens is 2. The van der Waals surface area contributed by atoms with Crippen molar-refractivity contribution in [1.82, 2.24) is 9.55 Å². The Kier molecular flexibility index (Phi) is 1.84. The Bertz CT molecular complexity index is 510. The number of aryl methyl sites for hydroxylation is 2. The molecule has 2 heterocycles. The summed E-state index contributed by atoms with van der Waals surface area (Å²) in [7, 11) is 0. The Morgan fingerprint density at radius 1 is 1.40 bits per heavy atom. The normalized spacial score (nSPS) is 20.5. The van der Waals surface area contributed by atoms with Crippen LogP contribution in [0.25, 0.3) is 11.0 Å². The molecule has 0 saturated heterocycles. The molecule has 0 N–H and O–H groups in total. The van der Waals surface area contributed by atoms with E-state index in [2.05, 4.69) is 36.6 Å². The number of fused-ring (bicyclic) bond motifs is 3. The maximum absolute atomic E-state index is 4.73. The lowest BCUT2D eigenvalue weighted by Crippen LogP contribution is -2.14. The molecule has 1 aliphatic heterocycles. The molecule has 1 aromatic carbocycles. The van der Waals surface area contributed by atoms with E-state index in [1.807, 2.05) is 0 Å². The van der Waals surface area contributed by atoms with Crippen LogP contribution in [0.5, 0.6) is 0 Å². The van der Waals surface area contributed by atoms with E-state index in [-0.39, 0.29) is 0 Å². The summed E-state index contributed by atoms with van der Waals surface area (Å²) in [4.78, 5) is 4.73. The average Bonchev–Trinajstić information content (AvgIpc) is 2.56. The molecule has 0 bridgehead atoms. The van der Waals surface area contributed by atoms with Crippen molar-refractivity contribution >= 4 is 11.0 Å². The van der Waals surface area contributed by atoms with Crippen LogP contribution < -0.4 is 0 Å². The van der Waals surface area contributed by atoms with Crippen molar-refractivity contribution in [3.8, 4) is 0 Å². The van der Waals surface area contributed by atoms with Crippen LogP contribution in [-0.4, -0.2) is 9.55 Å². The van der Waals surface area contributed by atoms with Gasteiger partial charge in [0.15, 0.2) is 0 Å². The zero-order valence-electron chi connectivity index (χ0n) is 9.33. The van der Waals surface area contributed by atoms with Gasteiger partial charge < -0.3 is 4.57 Å². The van der Waals surface area contributed by atoms with Gasteiger partial charge in [-0.3, -0.25) is 0 Å². The van der Waals surface area contributed by atoms with Gasteiger partial charge in [-0.15, -0.1) is 0 Å². The molecule has 1 aromatic heterocycles. The molecule has 78 valence electrons. The van der Waals surface area contributed by atoms with Crippen molar-refractivity contribution in [1.29, 1.82) is 0 Å². The quantitative estimate of drug-likeness (QED) is 0.638. The summed E-state index contributed by atoms with van der Waals surface area (Å²) in [5, 5.41) is 0. The van der Waals surface area contributed by atoms with Gasteiger partial charge in [-0.05, 0) is 44.4 Å². The molecule has 0 saturated carbocycles. The molecule has 2 heteroatoms. The van der Waals surface area contributed by atoms with Gasteiger partial charge >= 0.3 is 0 Å². The summed E-state index contributed by atoms with van der Waals surface area (Å²) in [6.07, 6.45) is 3.70. The number of benzene rings is 1. The highest BCUT2D eigenvalue weighted by atomic mass is 15.1. The monoisotopic (exact) mass is 200 g/mol. The summed E-state index contributed by atoms with van der Waals surface area (Å²) in [6, 6.07) is 7.19. The predicted octanol–water partition coefficient (Wildman–Crippen LogP) is 3.24. The van der Waals surface area contributed by atoms with Crippen molar-refractivity contribution in [3.05, 3.63) is 29.6 Å². The first kappa shape index (κ1) is 8.96. The zero-order chi connectivity index (χ0) is 10.4. The van der Waals surface area contributed by atoms with Crippen LogP contribution in [0.1, 0.15) is 37.2 Å². The van der Waals surface area contributed by atoms with Crippen LogP contribution in [0.15, 0.2) is 18.2 Å². The minimum Gasteiger partial charge on any atom is -0.325 e. The standard InChI is InChI=1S/C13H16N2/c1-9-6-7-12-11(8-9)14-13-5-3-4-10(2)15(12)13/h6-8,10H,3-5H2,1-2H3/t10-/m1/s1. The van der Waals surface area contributed by atoms with Gasteiger partial charge in [0.1, 0.15) is 5.82 Å². The fourth-order valence-corrected chi connectivity index (χ4v) is 2.61. The summed E-state index contributed by atoms with van der Waals surface area (Å²) >= 11 is 0. The van der Waals surface area contributed by atoms with E-state index >= 15 is 0 Å². The fraction of sp³-hybridized carbons (Fsp3) is 0.462. The molecule has 15 heavy (non-hydrogen) atoms. The van der Waals surface area contributed by atoms with Gasteiger partial charge in [-0.25, -0.2) is 4.98 Å². The zero-order valence-corrected chi connectivity index (χ0v) is 9.33. The lowest BCUT2D eigenvalue weighted by atomic mass is 10.1. The Hall–Kier alpha value is -1.31. The minimum absolute atomic E-state index is 0.612. The van der Waals surface area contributed by atoms with E-state index in [1.165, 1.54) is 35.3 Å². The lowest BCUT2D eigenvalue weighted by molar-refractivity contribution is 0.435. The van der Waals surface area contributed by atoms with Crippen LogP contribution in [0.4, 0.5) is 0 Å². The highest BCUT2D eigenvalue weighted by Gasteiger charge is 2.19. The molecule has 1 aliphatic rings. The van der Waals surface area contributed by atoms with Crippen molar-refractivity contribution < 1.29 is 0 Å². The first-order valence-electron chi connectivity index (χ1n) is 5.73. The number of nitrogens with zero attached hydrogens (tertiary/aromatic N) is 2. The highest BCUT2D eigenvalue weighted by molar-refractivity contribution is 5.77. The predicted molar refractivity (Wildman–Crippen MR) is 62.1 cm³/mol. The van der Waals surface area contributed by atoms with Gasteiger partial charge in [-0.1, -0.05) is 6.07 Å². The van der Waals surface area contributed by atoms with Gasteiger partial charge in [0.05, 0.1) is 11.0 Å². The Balaban J connectivity index is 2.32. The van der Waals surface area contributed by atoms with Gasteiger partial charge in [0.2, 0.25) is 0 Å². The summed E-state index contributed by atoms with van der Waals surface area (Å²) in [5.74, 6) is 1.27. The molecule has 1 atom stereocenters. The fourth-order valence-electron chi connectivity index (χ4n) is 2.61. The van der Waals surface area contributed by atoms with E-state index in [0.717, 1.165) is 6.42 Å². The van der Waals surface area contributed by atoms with E-state index in [0.29, 0.717) is 6.04 Å². The molecule has 0 spiro atoms. The van der Waals surface area contributed by atoms with Gasteiger partial charge in [0.25, 0.3) is 0 Å². The van der Waals surface area contributed by atoms with Crippen LogP contribution in [0.3, 0.4) is 0 Å². The Morgan fingerprint density at radius 2 is 2.27 bits per heavy atom. The van der Waals surface area contributed by atoms with Crippen molar-refractivity contribution in [2.45, 2.75) is 39.2 Å². The average molecular weight is 200 g/mol.